The Morgan fingerprint density at radius 1 is 0.950 bits per heavy atom. The van der Waals surface area contributed by atoms with Crippen molar-refractivity contribution in [3.05, 3.63) is 91.2 Å². The van der Waals surface area contributed by atoms with Gasteiger partial charge in [-0.3, -0.25) is 0 Å². The molecule has 0 aliphatic carbocycles. The Morgan fingerprint density at radius 2 is 1.70 bits per heavy atom. The van der Waals surface area contributed by atoms with E-state index in [1.54, 1.807) is 24.3 Å². The number of nitrogen functional groups attached to an aromatic ring is 1. The molecule has 0 radical (unpaired) electrons. The number of carbonyl (C=O) groups is 1. The number of ether oxygens (including phenoxy) is 1. The summed E-state index contributed by atoms with van der Waals surface area (Å²) in [5.74, 6) is 0.0225. The van der Waals surface area contributed by atoms with Crippen LogP contribution < -0.4 is 21.1 Å². The summed E-state index contributed by atoms with van der Waals surface area (Å²) < 4.78 is 60.0. The lowest BCUT2D eigenvalue weighted by molar-refractivity contribution is -0.137. The van der Waals surface area contributed by atoms with Crippen LogP contribution in [0.1, 0.15) is 5.56 Å². The second-order valence-corrected chi connectivity index (χ2v) is 8.12. The fourth-order valence-corrected chi connectivity index (χ4v) is 3.55. The van der Waals surface area contributed by atoms with E-state index in [0.717, 1.165) is 18.3 Å². The number of carbonyl (C=O) groups excluding carboxylic acids is 1. The summed E-state index contributed by atoms with van der Waals surface area (Å²) in [5.41, 5.74) is 6.06. The van der Waals surface area contributed by atoms with E-state index in [1.807, 2.05) is 0 Å². The molecule has 0 saturated heterocycles. The van der Waals surface area contributed by atoms with Crippen molar-refractivity contribution in [2.24, 2.45) is 0 Å². The van der Waals surface area contributed by atoms with E-state index in [1.165, 1.54) is 41.9 Å². The Morgan fingerprint density at radius 3 is 2.38 bits per heavy atom. The normalized spacial score (nSPS) is 11.2. The van der Waals surface area contributed by atoms with E-state index < -0.39 is 23.6 Å². The number of aromatic nitrogens is 6. The first-order valence-corrected chi connectivity index (χ1v) is 11.3. The van der Waals surface area contributed by atoms with Gasteiger partial charge < -0.3 is 21.1 Å². The molecule has 2 amide bonds. The van der Waals surface area contributed by atoms with Gasteiger partial charge >= 0.3 is 18.2 Å². The van der Waals surface area contributed by atoms with Crippen molar-refractivity contribution < 1.29 is 27.1 Å². The molecule has 3 heterocycles. The molecular weight excluding hydrogens is 534 g/mol. The Bertz CT molecular complexity index is 1640. The maximum atomic E-state index is 13.5. The molecular formula is C25H17F4N9O2. The molecule has 0 aliphatic heterocycles. The van der Waals surface area contributed by atoms with Crippen molar-refractivity contribution in [2.45, 2.75) is 6.18 Å². The predicted molar refractivity (Wildman–Crippen MR) is 135 cm³/mol. The molecule has 5 aromatic rings. The molecule has 0 spiro atoms. The number of nitrogens with one attached hydrogen (secondary N) is 2. The molecule has 0 saturated carbocycles. The number of amides is 2. The summed E-state index contributed by atoms with van der Waals surface area (Å²) in [6.45, 7) is 0. The van der Waals surface area contributed by atoms with Crippen molar-refractivity contribution in [3.8, 4) is 28.6 Å². The Kier molecular flexibility index (Phi) is 6.92. The third-order valence-corrected chi connectivity index (χ3v) is 5.38. The second-order valence-electron chi connectivity index (χ2n) is 8.12. The molecule has 0 unspecified atom stereocenters. The van der Waals surface area contributed by atoms with Crippen LogP contribution in [0.3, 0.4) is 0 Å². The summed E-state index contributed by atoms with van der Waals surface area (Å²) in [6, 6.07) is 9.71. The minimum absolute atomic E-state index is 0.0445. The molecule has 3 aromatic heterocycles. The van der Waals surface area contributed by atoms with E-state index in [0.29, 0.717) is 16.9 Å². The minimum atomic E-state index is -4.62. The number of pyridine rings is 1. The van der Waals surface area contributed by atoms with Gasteiger partial charge in [-0.25, -0.2) is 33.8 Å². The van der Waals surface area contributed by atoms with Gasteiger partial charge in [0.05, 0.1) is 41.2 Å². The molecule has 40 heavy (non-hydrogen) atoms. The van der Waals surface area contributed by atoms with Crippen LogP contribution in [0.4, 0.5) is 39.5 Å². The topological polar surface area (TPSA) is 146 Å². The maximum absolute atomic E-state index is 13.5. The third kappa shape index (κ3) is 5.93. The first-order chi connectivity index (χ1) is 19.2. The van der Waals surface area contributed by atoms with Gasteiger partial charge in [0.2, 0.25) is 0 Å². The molecule has 0 aliphatic rings. The Hall–Kier alpha value is -5.60. The van der Waals surface area contributed by atoms with E-state index in [2.05, 4.69) is 35.7 Å². The highest BCUT2D eigenvalue weighted by Gasteiger charge is 2.31. The first-order valence-electron chi connectivity index (χ1n) is 11.3. The number of hydrogen-bond acceptors (Lipinski definition) is 8. The molecule has 11 nitrogen and oxygen atoms in total. The largest absolute Gasteiger partial charge is 0.424 e. The van der Waals surface area contributed by atoms with Crippen molar-refractivity contribution in [1.82, 2.24) is 29.7 Å². The molecule has 5 rings (SSSR count). The molecule has 0 bridgehead atoms. The highest BCUT2D eigenvalue weighted by atomic mass is 19.4. The number of anilines is 3. The van der Waals surface area contributed by atoms with E-state index in [-0.39, 0.29) is 28.9 Å². The summed E-state index contributed by atoms with van der Waals surface area (Å²) in [5, 5.41) is 8.72. The van der Waals surface area contributed by atoms with E-state index in [4.69, 9.17) is 10.5 Å². The summed E-state index contributed by atoms with van der Waals surface area (Å²) in [4.78, 5) is 28.2. The number of alkyl halides is 3. The first kappa shape index (κ1) is 26.0. The molecule has 202 valence electrons. The van der Waals surface area contributed by atoms with Crippen molar-refractivity contribution in [3.63, 3.8) is 0 Å². The molecule has 0 atom stereocenters. The van der Waals surface area contributed by atoms with Crippen LogP contribution in [0.2, 0.25) is 0 Å². The minimum Gasteiger partial charge on any atom is -0.424 e. The maximum Gasteiger partial charge on any atom is 0.416 e. The molecule has 15 heteroatoms. The molecule has 2 aromatic carbocycles. The Labute approximate surface area is 222 Å². The lowest BCUT2D eigenvalue weighted by Gasteiger charge is -2.15. The van der Waals surface area contributed by atoms with Gasteiger partial charge in [0.25, 0.3) is 0 Å². The number of rotatable bonds is 6. The SMILES string of the molecule is Nc1ncc(F)cc1-c1ccc(Oc2ncc(NC(=O)Nc3cc(C(F)(F)F)ccc3-n3cncn3)cn2)cc1. The van der Waals surface area contributed by atoms with Crippen LogP contribution in [0.25, 0.3) is 16.8 Å². The van der Waals surface area contributed by atoms with Gasteiger partial charge in [-0.15, -0.1) is 0 Å². The summed E-state index contributed by atoms with van der Waals surface area (Å²) in [7, 11) is 0. The van der Waals surface area contributed by atoms with Crippen LogP contribution in [-0.2, 0) is 6.18 Å². The fraction of sp³-hybridized carbons (Fsp3) is 0.0400. The fourth-order valence-electron chi connectivity index (χ4n) is 3.55. The van der Waals surface area contributed by atoms with Gasteiger partial charge in [-0.2, -0.15) is 18.3 Å². The van der Waals surface area contributed by atoms with Crippen LogP contribution in [0, 0.1) is 5.82 Å². The summed E-state index contributed by atoms with van der Waals surface area (Å²) in [6.07, 6.45) is 1.38. The quantitative estimate of drug-likeness (QED) is 0.241. The lowest BCUT2D eigenvalue weighted by atomic mass is 10.1. The predicted octanol–water partition coefficient (Wildman–Crippen LogP) is 5.30. The van der Waals surface area contributed by atoms with E-state index in [9.17, 15) is 22.4 Å². The number of hydrogen-bond donors (Lipinski definition) is 3. The van der Waals surface area contributed by atoms with Gasteiger partial charge in [0.15, 0.2) is 0 Å². The average Bonchev–Trinajstić information content (AvgIpc) is 3.46. The smallest absolute Gasteiger partial charge is 0.416 e. The number of benzene rings is 2. The average molecular weight is 551 g/mol. The van der Waals surface area contributed by atoms with Gasteiger partial charge in [0, 0.05) is 5.56 Å². The van der Waals surface area contributed by atoms with Gasteiger partial charge in [-0.1, -0.05) is 12.1 Å². The van der Waals surface area contributed by atoms with Crippen molar-refractivity contribution in [2.75, 3.05) is 16.4 Å². The molecule has 0 fully saturated rings. The lowest BCUT2D eigenvalue weighted by Crippen LogP contribution is -2.21. The van der Waals surface area contributed by atoms with Gasteiger partial charge in [0.1, 0.15) is 30.0 Å². The monoisotopic (exact) mass is 551 g/mol. The van der Waals surface area contributed by atoms with E-state index >= 15 is 0 Å². The van der Waals surface area contributed by atoms with Crippen LogP contribution in [0.5, 0.6) is 11.8 Å². The number of nitrogens with two attached hydrogens (primary N) is 1. The second kappa shape index (κ2) is 10.6. The van der Waals surface area contributed by atoms with Crippen LogP contribution in [0.15, 0.2) is 79.8 Å². The standard InChI is InChI=1S/C25H17F4N9O2/c26-16-8-19(22(30)32-9-16)14-1-4-18(5-2-14)40-24-33-10-17(11-34-24)36-23(39)37-20-7-15(25(27,28)29)3-6-21(20)38-13-31-12-35-38/h1-13H,(H2,30,32)(H2,36,37,39). The zero-order valence-electron chi connectivity index (χ0n) is 20.1. The highest BCUT2D eigenvalue weighted by Crippen LogP contribution is 2.33. The Balaban J connectivity index is 1.25. The summed E-state index contributed by atoms with van der Waals surface area (Å²) >= 11 is 0. The van der Waals surface area contributed by atoms with Crippen molar-refractivity contribution >= 4 is 23.2 Å². The highest BCUT2D eigenvalue weighted by molar-refractivity contribution is 6.00. The zero-order chi connectivity index (χ0) is 28.3. The number of nitrogens with zero attached hydrogens (tertiary/aromatic N) is 6. The number of halogens is 4. The third-order valence-electron chi connectivity index (χ3n) is 5.38. The number of urea groups is 1. The molecule has 4 N–H and O–H groups in total. The van der Waals surface area contributed by atoms with Crippen molar-refractivity contribution in [1.29, 1.82) is 0 Å². The van der Waals surface area contributed by atoms with Gasteiger partial charge in [-0.05, 0) is 42.0 Å². The van der Waals surface area contributed by atoms with Crippen LogP contribution >= 0.6 is 0 Å². The zero-order valence-corrected chi connectivity index (χ0v) is 20.1. The van der Waals surface area contributed by atoms with Crippen LogP contribution in [-0.4, -0.2) is 35.7 Å².